The van der Waals surface area contributed by atoms with Crippen LogP contribution in [-0.2, 0) is 11.2 Å². The van der Waals surface area contributed by atoms with Gasteiger partial charge in [0.05, 0.1) is 6.61 Å². The maximum absolute atomic E-state index is 12.5. The number of carbonyl (C=O) groups is 2. The summed E-state index contributed by atoms with van der Waals surface area (Å²) in [6.45, 7) is 3.76. The van der Waals surface area contributed by atoms with Crippen LogP contribution in [0.5, 0.6) is 0 Å². The number of hydrogen-bond acceptors (Lipinski definition) is 4. The normalized spacial score (nSPS) is 10.8. The van der Waals surface area contributed by atoms with Crippen molar-refractivity contribution in [3.63, 3.8) is 0 Å². The van der Waals surface area contributed by atoms with Gasteiger partial charge >= 0.3 is 5.97 Å². The lowest BCUT2D eigenvalue weighted by Crippen LogP contribution is -2.06. The number of ketones is 1. The van der Waals surface area contributed by atoms with Gasteiger partial charge in [-0.25, -0.2) is 4.79 Å². The van der Waals surface area contributed by atoms with Crippen molar-refractivity contribution in [3.8, 4) is 0 Å². The minimum atomic E-state index is -0.429. The highest BCUT2D eigenvalue weighted by atomic mass is 16.5. The minimum Gasteiger partial charge on any atom is -0.462 e. The van der Waals surface area contributed by atoms with Crippen LogP contribution in [0.1, 0.15) is 39.0 Å². The number of esters is 1. The fourth-order valence-electron chi connectivity index (χ4n) is 2.73. The lowest BCUT2D eigenvalue weighted by Gasteiger charge is -2.03. The number of fused-ring (bicyclic) bond motifs is 1. The summed E-state index contributed by atoms with van der Waals surface area (Å²) >= 11 is 0. The smallest absolute Gasteiger partial charge is 0.342 e. The molecule has 0 saturated heterocycles. The molecular formula is C20H18O4. The minimum absolute atomic E-state index is 0.00300. The van der Waals surface area contributed by atoms with Crippen molar-refractivity contribution in [1.82, 2.24) is 0 Å². The van der Waals surface area contributed by atoms with Gasteiger partial charge in [0.1, 0.15) is 16.9 Å². The molecule has 3 rings (SSSR count). The quantitative estimate of drug-likeness (QED) is 0.518. The van der Waals surface area contributed by atoms with Gasteiger partial charge in [0.25, 0.3) is 0 Å². The Bertz CT molecular complexity index is 891. The highest BCUT2D eigenvalue weighted by Crippen LogP contribution is 2.27. The first-order chi connectivity index (χ1) is 11.6. The standard InChI is InChI=1S/C20H18O4/c1-3-23-20(22)19-13(2)24-18-10-9-15(12-16(18)19)17(21)11-14-7-5-4-6-8-14/h4-10,12H,3,11H2,1-2H3. The van der Waals surface area contributed by atoms with E-state index in [2.05, 4.69) is 0 Å². The topological polar surface area (TPSA) is 56.5 Å². The van der Waals surface area contributed by atoms with Crippen LogP contribution in [-0.4, -0.2) is 18.4 Å². The number of hydrogen-bond donors (Lipinski definition) is 0. The zero-order valence-electron chi connectivity index (χ0n) is 13.7. The Hall–Kier alpha value is -2.88. The van der Waals surface area contributed by atoms with Crippen molar-refractivity contribution in [3.05, 3.63) is 71.0 Å². The molecule has 1 aromatic heterocycles. The number of Topliss-reactive ketones (excluding diaryl/α,β-unsaturated/α-hetero) is 1. The molecule has 2 aromatic carbocycles. The van der Waals surface area contributed by atoms with Crippen LogP contribution >= 0.6 is 0 Å². The van der Waals surface area contributed by atoms with Crippen LogP contribution in [0, 0.1) is 6.92 Å². The zero-order chi connectivity index (χ0) is 17.1. The molecule has 4 nitrogen and oxygen atoms in total. The molecule has 3 aromatic rings. The molecule has 0 aliphatic rings. The fourth-order valence-corrected chi connectivity index (χ4v) is 2.73. The number of furan rings is 1. The average molecular weight is 322 g/mol. The van der Waals surface area contributed by atoms with E-state index in [0.29, 0.717) is 34.3 Å². The van der Waals surface area contributed by atoms with Gasteiger partial charge in [0, 0.05) is 17.4 Å². The van der Waals surface area contributed by atoms with Gasteiger partial charge in [0.15, 0.2) is 5.78 Å². The average Bonchev–Trinajstić information content (AvgIpc) is 2.90. The van der Waals surface area contributed by atoms with Crippen molar-refractivity contribution in [1.29, 1.82) is 0 Å². The highest BCUT2D eigenvalue weighted by Gasteiger charge is 2.20. The van der Waals surface area contributed by atoms with Crippen LogP contribution in [0.15, 0.2) is 52.9 Å². The summed E-state index contributed by atoms with van der Waals surface area (Å²) in [5.74, 6) is 0.0641. The zero-order valence-corrected chi connectivity index (χ0v) is 13.7. The van der Waals surface area contributed by atoms with Crippen LogP contribution < -0.4 is 0 Å². The van der Waals surface area contributed by atoms with Crippen LogP contribution in [0.25, 0.3) is 11.0 Å². The summed E-state index contributed by atoms with van der Waals surface area (Å²) in [5, 5.41) is 0.616. The monoisotopic (exact) mass is 322 g/mol. The number of benzene rings is 2. The molecule has 0 aliphatic carbocycles. The molecule has 24 heavy (non-hydrogen) atoms. The third kappa shape index (κ3) is 3.08. The maximum atomic E-state index is 12.5. The van der Waals surface area contributed by atoms with E-state index in [9.17, 15) is 9.59 Å². The molecule has 0 bridgehead atoms. The molecule has 0 spiro atoms. The second kappa shape index (κ2) is 6.71. The summed E-state index contributed by atoms with van der Waals surface area (Å²) in [5.41, 5.74) is 2.47. The van der Waals surface area contributed by atoms with E-state index in [4.69, 9.17) is 9.15 Å². The second-order valence-electron chi connectivity index (χ2n) is 5.55. The SMILES string of the molecule is CCOC(=O)c1c(C)oc2ccc(C(=O)Cc3ccccc3)cc12. The molecule has 1 heterocycles. The Morgan fingerprint density at radius 1 is 1.08 bits per heavy atom. The van der Waals surface area contributed by atoms with E-state index in [1.54, 1.807) is 32.0 Å². The van der Waals surface area contributed by atoms with Crippen LogP contribution in [0.3, 0.4) is 0 Å². The van der Waals surface area contributed by atoms with Crippen molar-refractivity contribution >= 4 is 22.7 Å². The van der Waals surface area contributed by atoms with Crippen LogP contribution in [0.2, 0.25) is 0 Å². The molecule has 0 fully saturated rings. The summed E-state index contributed by atoms with van der Waals surface area (Å²) in [7, 11) is 0. The predicted octanol–water partition coefficient (Wildman–Crippen LogP) is 4.34. The fraction of sp³-hybridized carbons (Fsp3) is 0.200. The predicted molar refractivity (Wildman–Crippen MR) is 91.4 cm³/mol. The number of aryl methyl sites for hydroxylation is 1. The van der Waals surface area contributed by atoms with Crippen molar-refractivity contribution in [2.75, 3.05) is 6.61 Å². The molecule has 0 amide bonds. The Morgan fingerprint density at radius 2 is 1.83 bits per heavy atom. The van der Waals surface area contributed by atoms with Crippen molar-refractivity contribution < 1.29 is 18.7 Å². The summed E-state index contributed by atoms with van der Waals surface area (Å²) < 4.78 is 10.7. The molecule has 122 valence electrons. The lowest BCUT2D eigenvalue weighted by atomic mass is 10.0. The van der Waals surface area contributed by atoms with Gasteiger partial charge < -0.3 is 9.15 Å². The summed E-state index contributed by atoms with van der Waals surface area (Å²) in [4.78, 5) is 24.7. The Balaban J connectivity index is 1.96. The largest absolute Gasteiger partial charge is 0.462 e. The summed E-state index contributed by atoms with van der Waals surface area (Å²) in [6, 6.07) is 14.7. The Kier molecular flexibility index (Phi) is 4.47. The van der Waals surface area contributed by atoms with Gasteiger partial charge in [-0.1, -0.05) is 30.3 Å². The van der Waals surface area contributed by atoms with Gasteiger partial charge in [-0.15, -0.1) is 0 Å². The van der Waals surface area contributed by atoms with Gasteiger partial charge in [-0.3, -0.25) is 4.79 Å². The van der Waals surface area contributed by atoms with E-state index in [0.717, 1.165) is 5.56 Å². The highest BCUT2D eigenvalue weighted by molar-refractivity contribution is 6.07. The molecule has 0 radical (unpaired) electrons. The molecule has 0 atom stereocenters. The number of ether oxygens (including phenoxy) is 1. The van der Waals surface area contributed by atoms with Gasteiger partial charge in [-0.2, -0.15) is 0 Å². The number of rotatable bonds is 5. The lowest BCUT2D eigenvalue weighted by molar-refractivity contribution is 0.0526. The molecule has 0 N–H and O–H groups in total. The molecular weight excluding hydrogens is 304 g/mol. The van der Waals surface area contributed by atoms with E-state index < -0.39 is 5.97 Å². The first-order valence-corrected chi connectivity index (χ1v) is 7.87. The first-order valence-electron chi connectivity index (χ1n) is 7.87. The first kappa shape index (κ1) is 16.0. The second-order valence-corrected chi connectivity index (χ2v) is 5.55. The summed E-state index contributed by atoms with van der Waals surface area (Å²) in [6.07, 6.45) is 0.317. The van der Waals surface area contributed by atoms with Crippen LogP contribution in [0.4, 0.5) is 0 Å². The van der Waals surface area contributed by atoms with Gasteiger partial charge in [-0.05, 0) is 37.6 Å². The third-order valence-electron chi connectivity index (χ3n) is 3.87. The van der Waals surface area contributed by atoms with Gasteiger partial charge in [0.2, 0.25) is 0 Å². The molecule has 4 heteroatoms. The van der Waals surface area contributed by atoms with E-state index in [1.807, 2.05) is 30.3 Å². The molecule has 0 aliphatic heterocycles. The van der Waals surface area contributed by atoms with Crippen molar-refractivity contribution in [2.24, 2.45) is 0 Å². The third-order valence-corrected chi connectivity index (χ3v) is 3.87. The Labute approximate surface area is 140 Å². The molecule has 0 unspecified atom stereocenters. The van der Waals surface area contributed by atoms with E-state index >= 15 is 0 Å². The molecule has 0 saturated carbocycles. The Morgan fingerprint density at radius 3 is 2.54 bits per heavy atom. The number of carbonyl (C=O) groups excluding carboxylic acids is 2. The van der Waals surface area contributed by atoms with E-state index in [1.165, 1.54) is 0 Å². The maximum Gasteiger partial charge on any atom is 0.342 e. The van der Waals surface area contributed by atoms with E-state index in [-0.39, 0.29) is 12.4 Å². The van der Waals surface area contributed by atoms with Crippen molar-refractivity contribution in [2.45, 2.75) is 20.3 Å².